The molecule has 0 fully saturated rings. The van der Waals surface area contributed by atoms with E-state index in [-0.39, 0.29) is 5.12 Å². The van der Waals surface area contributed by atoms with Gasteiger partial charge in [0.2, 0.25) is 0 Å². The van der Waals surface area contributed by atoms with Crippen LogP contribution >= 0.6 is 11.8 Å². The highest BCUT2D eigenvalue weighted by molar-refractivity contribution is 8.13. The van der Waals surface area contributed by atoms with Crippen molar-refractivity contribution in [3.63, 3.8) is 0 Å². The zero-order valence-corrected chi connectivity index (χ0v) is 10.8. The molecule has 1 aliphatic heterocycles. The molecular formula is C14H17NOS. The van der Waals surface area contributed by atoms with Crippen LogP contribution in [0.15, 0.2) is 24.3 Å². The van der Waals surface area contributed by atoms with E-state index in [0.29, 0.717) is 0 Å². The molecule has 1 aromatic rings. The van der Waals surface area contributed by atoms with Crippen LogP contribution in [0.3, 0.4) is 0 Å². The number of carbonyl (C=O) groups is 1. The van der Waals surface area contributed by atoms with Gasteiger partial charge in [0.05, 0.1) is 0 Å². The number of hydrogen-bond acceptors (Lipinski definition) is 3. The number of rotatable bonds is 3. The van der Waals surface area contributed by atoms with Crippen LogP contribution < -0.4 is 5.32 Å². The molecule has 0 saturated carbocycles. The highest BCUT2D eigenvalue weighted by atomic mass is 32.2. The first-order chi connectivity index (χ1) is 8.25. The van der Waals surface area contributed by atoms with Gasteiger partial charge in [0.25, 0.3) is 0 Å². The summed E-state index contributed by atoms with van der Waals surface area (Å²) in [6.07, 6.45) is 5.26. The van der Waals surface area contributed by atoms with Crippen molar-refractivity contribution in [3.05, 3.63) is 41.0 Å². The van der Waals surface area contributed by atoms with Gasteiger partial charge in [0, 0.05) is 19.2 Å². The number of hydrogen-bond donors (Lipinski definition) is 1. The third kappa shape index (κ3) is 3.72. The molecule has 0 saturated heterocycles. The first-order valence-electron chi connectivity index (χ1n) is 5.88. The van der Waals surface area contributed by atoms with Crippen LogP contribution in [0.2, 0.25) is 0 Å². The molecule has 2 nitrogen and oxygen atoms in total. The topological polar surface area (TPSA) is 29.1 Å². The standard InChI is InChI=1S/C14H17NOS/c1-11(16)17-8-2-3-12-4-5-14-10-15-7-6-13(14)9-12/h2-5,9,15H,6-8,10H2,1H3. The summed E-state index contributed by atoms with van der Waals surface area (Å²) in [5, 5.41) is 3.54. The van der Waals surface area contributed by atoms with E-state index < -0.39 is 0 Å². The number of fused-ring (bicyclic) bond motifs is 1. The van der Waals surface area contributed by atoms with Crippen molar-refractivity contribution < 1.29 is 4.79 Å². The van der Waals surface area contributed by atoms with Crippen molar-refractivity contribution in [2.45, 2.75) is 19.9 Å². The maximum absolute atomic E-state index is 10.8. The summed E-state index contributed by atoms with van der Waals surface area (Å²) >= 11 is 1.34. The minimum atomic E-state index is 0.172. The molecule has 1 N–H and O–H groups in total. The fourth-order valence-electron chi connectivity index (χ4n) is 1.95. The van der Waals surface area contributed by atoms with Gasteiger partial charge in [-0.15, -0.1) is 0 Å². The van der Waals surface area contributed by atoms with Gasteiger partial charge in [-0.1, -0.05) is 42.1 Å². The molecule has 0 unspecified atom stereocenters. The molecule has 0 bridgehead atoms. The van der Waals surface area contributed by atoms with E-state index in [4.69, 9.17) is 0 Å². The maximum atomic E-state index is 10.8. The summed E-state index contributed by atoms with van der Waals surface area (Å²) in [6.45, 7) is 3.66. The maximum Gasteiger partial charge on any atom is 0.186 e. The van der Waals surface area contributed by atoms with Gasteiger partial charge in [-0.2, -0.15) is 0 Å². The van der Waals surface area contributed by atoms with E-state index in [2.05, 4.69) is 35.7 Å². The van der Waals surface area contributed by atoms with Crippen LogP contribution in [0.5, 0.6) is 0 Å². The summed E-state index contributed by atoms with van der Waals surface area (Å²) in [5.41, 5.74) is 4.09. The third-order valence-corrected chi connectivity index (χ3v) is 3.58. The Labute approximate surface area is 106 Å². The quantitative estimate of drug-likeness (QED) is 0.890. The molecule has 1 aliphatic rings. The Morgan fingerprint density at radius 3 is 3.18 bits per heavy atom. The van der Waals surface area contributed by atoms with E-state index in [1.54, 1.807) is 6.92 Å². The molecule has 90 valence electrons. The van der Waals surface area contributed by atoms with Gasteiger partial charge in [-0.25, -0.2) is 0 Å². The van der Waals surface area contributed by atoms with E-state index in [1.807, 2.05) is 0 Å². The predicted octanol–water partition coefficient (Wildman–Crippen LogP) is 2.63. The summed E-state index contributed by atoms with van der Waals surface area (Å²) in [5.74, 6) is 0.758. The van der Waals surface area contributed by atoms with Crippen molar-refractivity contribution in [1.82, 2.24) is 5.32 Å². The first kappa shape index (κ1) is 12.4. The molecule has 0 amide bonds. The van der Waals surface area contributed by atoms with Crippen molar-refractivity contribution in [1.29, 1.82) is 0 Å². The SMILES string of the molecule is CC(=O)SCC=Cc1ccc2c(c1)CCNC2. The highest BCUT2D eigenvalue weighted by Crippen LogP contribution is 2.17. The second-order valence-electron chi connectivity index (χ2n) is 4.16. The lowest BCUT2D eigenvalue weighted by molar-refractivity contribution is -0.109. The van der Waals surface area contributed by atoms with Crippen molar-refractivity contribution >= 4 is 23.0 Å². The minimum Gasteiger partial charge on any atom is -0.312 e. The highest BCUT2D eigenvalue weighted by Gasteiger charge is 2.07. The lowest BCUT2D eigenvalue weighted by Gasteiger charge is -2.17. The molecule has 0 atom stereocenters. The van der Waals surface area contributed by atoms with E-state index in [9.17, 15) is 4.79 Å². The average Bonchev–Trinajstić information content (AvgIpc) is 2.34. The monoisotopic (exact) mass is 247 g/mol. The summed E-state index contributed by atoms with van der Waals surface area (Å²) < 4.78 is 0. The molecular weight excluding hydrogens is 230 g/mol. The molecule has 0 aromatic heterocycles. The Bertz CT molecular complexity index is 440. The van der Waals surface area contributed by atoms with Crippen molar-refractivity contribution in [3.8, 4) is 0 Å². The zero-order valence-electron chi connectivity index (χ0n) is 10.0. The van der Waals surface area contributed by atoms with Crippen LogP contribution in [0, 0.1) is 0 Å². The van der Waals surface area contributed by atoms with Gasteiger partial charge in [-0.05, 0) is 29.7 Å². The average molecular weight is 247 g/mol. The zero-order chi connectivity index (χ0) is 12.1. The minimum absolute atomic E-state index is 0.172. The predicted molar refractivity (Wildman–Crippen MR) is 74.0 cm³/mol. The molecule has 2 rings (SSSR count). The lowest BCUT2D eigenvalue weighted by atomic mass is 9.98. The third-order valence-electron chi connectivity index (χ3n) is 2.81. The van der Waals surface area contributed by atoms with Gasteiger partial charge in [0.1, 0.15) is 0 Å². The Balaban J connectivity index is 1.99. The van der Waals surface area contributed by atoms with Crippen molar-refractivity contribution in [2.24, 2.45) is 0 Å². The van der Waals surface area contributed by atoms with Crippen LogP contribution in [0.1, 0.15) is 23.6 Å². The fourth-order valence-corrected chi connectivity index (χ4v) is 2.38. The summed E-state index contributed by atoms with van der Waals surface area (Å²) in [7, 11) is 0. The van der Waals surface area contributed by atoms with E-state index in [0.717, 1.165) is 25.3 Å². The molecule has 0 radical (unpaired) electrons. The second kappa shape index (κ2) is 6.03. The van der Waals surface area contributed by atoms with E-state index in [1.165, 1.54) is 28.5 Å². The summed E-state index contributed by atoms with van der Waals surface area (Å²) in [4.78, 5) is 10.8. The van der Waals surface area contributed by atoms with Gasteiger partial charge in [0.15, 0.2) is 5.12 Å². The molecule has 1 aromatic carbocycles. The Morgan fingerprint density at radius 2 is 2.35 bits per heavy atom. The number of benzene rings is 1. The Morgan fingerprint density at radius 1 is 1.47 bits per heavy atom. The molecule has 0 aliphatic carbocycles. The van der Waals surface area contributed by atoms with Gasteiger partial charge < -0.3 is 5.32 Å². The molecule has 1 heterocycles. The van der Waals surface area contributed by atoms with Crippen LogP contribution in [-0.2, 0) is 17.8 Å². The van der Waals surface area contributed by atoms with Gasteiger partial charge in [-0.3, -0.25) is 4.79 Å². The van der Waals surface area contributed by atoms with Crippen LogP contribution in [0.25, 0.3) is 6.08 Å². The Kier molecular flexibility index (Phi) is 4.40. The second-order valence-corrected chi connectivity index (χ2v) is 5.36. The molecule has 3 heteroatoms. The van der Waals surface area contributed by atoms with Crippen molar-refractivity contribution in [2.75, 3.05) is 12.3 Å². The first-order valence-corrected chi connectivity index (χ1v) is 6.87. The largest absolute Gasteiger partial charge is 0.312 e. The van der Waals surface area contributed by atoms with Crippen LogP contribution in [-0.4, -0.2) is 17.4 Å². The summed E-state index contributed by atoms with van der Waals surface area (Å²) in [6, 6.07) is 6.59. The Hall–Kier alpha value is -1.06. The number of carbonyl (C=O) groups excluding carboxylic acids is 1. The number of thioether (sulfide) groups is 1. The van der Waals surface area contributed by atoms with E-state index >= 15 is 0 Å². The number of nitrogens with one attached hydrogen (secondary N) is 1. The molecule has 0 spiro atoms. The van der Waals surface area contributed by atoms with Gasteiger partial charge >= 0.3 is 0 Å². The molecule has 17 heavy (non-hydrogen) atoms. The lowest BCUT2D eigenvalue weighted by Crippen LogP contribution is -2.23. The van der Waals surface area contributed by atoms with Crippen LogP contribution in [0.4, 0.5) is 0 Å². The fraction of sp³-hybridized carbons (Fsp3) is 0.357. The normalized spacial score (nSPS) is 14.9. The smallest absolute Gasteiger partial charge is 0.186 e.